The van der Waals surface area contributed by atoms with Crippen LogP contribution in [0.3, 0.4) is 0 Å². The van der Waals surface area contributed by atoms with Crippen LogP contribution in [0.25, 0.3) is 11.0 Å². The molecule has 152 valence electrons. The van der Waals surface area contributed by atoms with Gasteiger partial charge in [-0.2, -0.15) is 0 Å². The molecule has 0 spiro atoms. The maximum Gasteiger partial charge on any atom is 0.252 e. The largest absolute Gasteiger partial charge is 0.341 e. The zero-order chi connectivity index (χ0) is 21.1. The predicted octanol–water partition coefficient (Wildman–Crippen LogP) is 4.67. The highest BCUT2D eigenvalue weighted by Crippen LogP contribution is 2.24. The number of rotatable bonds is 6. The van der Waals surface area contributed by atoms with Crippen molar-refractivity contribution < 1.29 is 9.18 Å². The first kappa shape index (κ1) is 19.8. The summed E-state index contributed by atoms with van der Waals surface area (Å²) in [7, 11) is 0. The van der Waals surface area contributed by atoms with Gasteiger partial charge in [0.2, 0.25) is 0 Å². The van der Waals surface area contributed by atoms with Gasteiger partial charge in [0.1, 0.15) is 11.3 Å². The molecule has 5 nitrogen and oxygen atoms in total. The topological polar surface area (TPSA) is 59.8 Å². The minimum Gasteiger partial charge on any atom is -0.341 e. The number of carbonyl (C=O) groups excluding carboxylic acids is 1. The van der Waals surface area contributed by atoms with Gasteiger partial charge in [0.05, 0.1) is 11.6 Å². The Kier molecular flexibility index (Phi) is 5.57. The summed E-state index contributed by atoms with van der Waals surface area (Å²) in [5, 5.41) is 11.3. The Morgan fingerprint density at radius 3 is 2.53 bits per heavy atom. The summed E-state index contributed by atoms with van der Waals surface area (Å²) < 4.78 is 15.7. The molecule has 1 N–H and O–H groups in total. The smallest absolute Gasteiger partial charge is 0.252 e. The van der Waals surface area contributed by atoms with E-state index in [-0.39, 0.29) is 11.7 Å². The minimum absolute atomic E-state index is 0.253. The summed E-state index contributed by atoms with van der Waals surface area (Å²) in [6, 6.07) is 19.2. The molecule has 6 heteroatoms. The Labute approximate surface area is 174 Å². The number of aryl methyl sites for hydroxylation is 2. The van der Waals surface area contributed by atoms with Crippen molar-refractivity contribution in [3.63, 3.8) is 0 Å². The number of hydrogen-bond donors (Lipinski definition) is 1. The molecule has 1 atom stereocenters. The maximum absolute atomic E-state index is 13.9. The molecular weight excluding hydrogens is 379 g/mol. The molecule has 0 saturated carbocycles. The van der Waals surface area contributed by atoms with Gasteiger partial charge in [-0.15, -0.1) is 5.10 Å². The average Bonchev–Trinajstić information content (AvgIpc) is 3.20. The number of nitrogens with zero attached hydrogens (tertiary/aromatic N) is 3. The second kappa shape index (κ2) is 8.45. The minimum atomic E-state index is -0.471. The molecule has 0 aliphatic rings. The van der Waals surface area contributed by atoms with Crippen LogP contribution >= 0.6 is 0 Å². The molecule has 0 aliphatic carbocycles. The van der Waals surface area contributed by atoms with Crippen molar-refractivity contribution in [2.45, 2.75) is 32.9 Å². The first-order valence-electron chi connectivity index (χ1n) is 10.1. The third-order valence-electron chi connectivity index (χ3n) is 5.25. The van der Waals surface area contributed by atoms with E-state index in [1.165, 1.54) is 17.7 Å². The van der Waals surface area contributed by atoms with Crippen molar-refractivity contribution in [1.29, 1.82) is 0 Å². The monoisotopic (exact) mass is 402 g/mol. The van der Waals surface area contributed by atoms with Crippen LogP contribution in [-0.2, 0) is 13.0 Å². The molecule has 0 saturated heterocycles. The van der Waals surface area contributed by atoms with E-state index in [0.717, 1.165) is 17.5 Å². The van der Waals surface area contributed by atoms with E-state index in [1.54, 1.807) is 22.9 Å². The van der Waals surface area contributed by atoms with Crippen molar-refractivity contribution in [2.24, 2.45) is 0 Å². The summed E-state index contributed by atoms with van der Waals surface area (Å²) in [5.74, 6) is -0.591. The molecule has 4 aromatic rings. The van der Waals surface area contributed by atoms with Gasteiger partial charge >= 0.3 is 0 Å². The lowest BCUT2D eigenvalue weighted by Gasteiger charge is -2.20. The van der Waals surface area contributed by atoms with Gasteiger partial charge in [-0.05, 0) is 60.4 Å². The molecule has 0 radical (unpaired) electrons. The van der Waals surface area contributed by atoms with Gasteiger partial charge in [-0.25, -0.2) is 9.07 Å². The number of amides is 1. The number of carbonyl (C=O) groups is 1. The Hall–Kier alpha value is -3.54. The zero-order valence-corrected chi connectivity index (χ0v) is 17.0. The Bertz CT molecular complexity index is 1180. The van der Waals surface area contributed by atoms with Crippen LogP contribution in [0, 0.1) is 5.82 Å². The highest BCUT2D eigenvalue weighted by molar-refractivity contribution is 5.97. The number of hydrogen-bond acceptors (Lipinski definition) is 3. The van der Waals surface area contributed by atoms with Crippen molar-refractivity contribution in [1.82, 2.24) is 20.3 Å². The molecule has 1 aromatic heterocycles. The van der Waals surface area contributed by atoms with Crippen LogP contribution in [0.1, 0.15) is 46.9 Å². The van der Waals surface area contributed by atoms with Crippen LogP contribution in [0.5, 0.6) is 0 Å². The van der Waals surface area contributed by atoms with E-state index in [9.17, 15) is 9.18 Å². The summed E-state index contributed by atoms with van der Waals surface area (Å²) in [6.07, 6.45) is 0.926. The average molecular weight is 402 g/mol. The summed E-state index contributed by atoms with van der Waals surface area (Å²) in [5.41, 5.74) is 4.81. The van der Waals surface area contributed by atoms with Crippen LogP contribution < -0.4 is 5.32 Å². The zero-order valence-electron chi connectivity index (χ0n) is 17.0. The molecule has 1 unspecified atom stereocenters. The van der Waals surface area contributed by atoms with E-state index in [1.807, 2.05) is 43.3 Å². The van der Waals surface area contributed by atoms with Crippen molar-refractivity contribution in [3.05, 3.63) is 94.8 Å². The van der Waals surface area contributed by atoms with Crippen molar-refractivity contribution in [3.8, 4) is 0 Å². The fourth-order valence-corrected chi connectivity index (χ4v) is 3.55. The molecule has 30 heavy (non-hydrogen) atoms. The Balaban J connectivity index is 1.67. The Morgan fingerprint density at radius 1 is 1.03 bits per heavy atom. The van der Waals surface area contributed by atoms with Gasteiger partial charge in [0.25, 0.3) is 5.91 Å². The standard InChI is InChI=1S/C24H23FN4O/c1-3-16-8-10-17(11-9-16)23(18-6-5-7-20(25)14-18)26-24(30)19-12-13-22-21(15-19)27-28-29(22)4-2/h5-15,23H,3-4H2,1-2H3,(H,26,30). The fraction of sp³-hybridized carbons (Fsp3) is 0.208. The highest BCUT2D eigenvalue weighted by atomic mass is 19.1. The van der Waals surface area contributed by atoms with E-state index < -0.39 is 6.04 Å². The molecule has 3 aromatic carbocycles. The lowest BCUT2D eigenvalue weighted by atomic mass is 9.96. The van der Waals surface area contributed by atoms with Crippen LogP contribution in [0.2, 0.25) is 0 Å². The number of fused-ring (bicyclic) bond motifs is 1. The van der Waals surface area contributed by atoms with Gasteiger partial charge < -0.3 is 5.32 Å². The normalized spacial score (nSPS) is 12.1. The number of halogens is 1. The van der Waals surface area contributed by atoms with E-state index in [0.29, 0.717) is 23.2 Å². The molecule has 4 rings (SSSR count). The van der Waals surface area contributed by atoms with Crippen molar-refractivity contribution in [2.75, 3.05) is 0 Å². The Morgan fingerprint density at radius 2 is 1.83 bits per heavy atom. The van der Waals surface area contributed by atoms with Gasteiger partial charge in [-0.1, -0.05) is 48.5 Å². The maximum atomic E-state index is 13.9. The van der Waals surface area contributed by atoms with Crippen LogP contribution in [0.15, 0.2) is 66.7 Å². The number of benzene rings is 3. The molecule has 0 bridgehead atoms. The molecule has 0 fully saturated rings. The summed E-state index contributed by atoms with van der Waals surface area (Å²) in [6.45, 7) is 4.78. The van der Waals surface area contributed by atoms with Gasteiger partial charge in [-0.3, -0.25) is 4.79 Å². The van der Waals surface area contributed by atoms with Crippen LogP contribution in [0.4, 0.5) is 4.39 Å². The summed E-state index contributed by atoms with van der Waals surface area (Å²) in [4.78, 5) is 13.1. The van der Waals surface area contributed by atoms with E-state index >= 15 is 0 Å². The second-order valence-corrected chi connectivity index (χ2v) is 7.17. The lowest BCUT2D eigenvalue weighted by molar-refractivity contribution is 0.0943. The number of aromatic nitrogens is 3. The fourth-order valence-electron chi connectivity index (χ4n) is 3.55. The molecule has 1 heterocycles. The first-order valence-corrected chi connectivity index (χ1v) is 10.1. The first-order chi connectivity index (χ1) is 14.6. The lowest BCUT2D eigenvalue weighted by Crippen LogP contribution is -2.29. The highest BCUT2D eigenvalue weighted by Gasteiger charge is 2.19. The van der Waals surface area contributed by atoms with E-state index in [4.69, 9.17) is 0 Å². The van der Waals surface area contributed by atoms with E-state index in [2.05, 4.69) is 22.6 Å². The van der Waals surface area contributed by atoms with Crippen LogP contribution in [-0.4, -0.2) is 20.9 Å². The second-order valence-electron chi connectivity index (χ2n) is 7.17. The van der Waals surface area contributed by atoms with Gasteiger partial charge in [0, 0.05) is 12.1 Å². The molecule has 0 aliphatic heterocycles. The predicted molar refractivity (Wildman–Crippen MR) is 115 cm³/mol. The van der Waals surface area contributed by atoms with Gasteiger partial charge in [0.15, 0.2) is 0 Å². The molecular formula is C24H23FN4O. The number of nitrogens with one attached hydrogen (secondary N) is 1. The summed E-state index contributed by atoms with van der Waals surface area (Å²) >= 11 is 0. The van der Waals surface area contributed by atoms with Crippen molar-refractivity contribution >= 4 is 16.9 Å². The third-order valence-corrected chi connectivity index (χ3v) is 5.25. The third kappa shape index (κ3) is 3.94. The molecule has 1 amide bonds. The quantitative estimate of drug-likeness (QED) is 0.510. The SMILES string of the molecule is CCc1ccc(C(NC(=O)c2ccc3c(c2)nnn3CC)c2cccc(F)c2)cc1.